The number of ether oxygens (including phenoxy) is 2. The summed E-state index contributed by atoms with van der Waals surface area (Å²) >= 11 is 0. The molecule has 0 saturated heterocycles. The van der Waals surface area contributed by atoms with Gasteiger partial charge >= 0.3 is 0 Å². The van der Waals surface area contributed by atoms with Gasteiger partial charge in [-0.15, -0.1) is 0 Å². The Morgan fingerprint density at radius 1 is 1.03 bits per heavy atom. The summed E-state index contributed by atoms with van der Waals surface area (Å²) in [5.74, 6) is 2.12. The van der Waals surface area contributed by atoms with Crippen LogP contribution in [0.25, 0.3) is 0 Å². The smallest absolute Gasteiger partial charge is 0.242 e. The summed E-state index contributed by atoms with van der Waals surface area (Å²) in [5, 5.41) is 6.49. The first-order chi connectivity index (χ1) is 14.3. The van der Waals surface area contributed by atoms with Crippen molar-refractivity contribution in [2.45, 2.75) is 24.9 Å². The second-order valence-electron chi connectivity index (χ2n) is 6.66. The summed E-state index contributed by atoms with van der Waals surface area (Å²) in [5.41, 5.74) is 1.88. The molecule has 0 saturated carbocycles. The maximum atomic E-state index is 12.2. The first kappa shape index (κ1) is 23.5. The number of hydrogen-bond acceptors (Lipinski definition) is 5. The van der Waals surface area contributed by atoms with Crippen LogP contribution in [0, 0.1) is 0 Å². The van der Waals surface area contributed by atoms with E-state index in [0.29, 0.717) is 25.6 Å². The molecular formula is C21H30N4O4S. The van der Waals surface area contributed by atoms with Crippen molar-refractivity contribution in [1.82, 2.24) is 14.9 Å². The van der Waals surface area contributed by atoms with Gasteiger partial charge in [0.05, 0.1) is 25.7 Å². The van der Waals surface area contributed by atoms with Crippen molar-refractivity contribution in [3.8, 4) is 11.5 Å². The lowest BCUT2D eigenvalue weighted by Crippen LogP contribution is -2.36. The second-order valence-corrected chi connectivity index (χ2v) is 8.81. The van der Waals surface area contributed by atoms with Crippen molar-refractivity contribution in [3.05, 3.63) is 53.6 Å². The van der Waals surface area contributed by atoms with E-state index in [4.69, 9.17) is 9.47 Å². The Morgan fingerprint density at radius 2 is 1.73 bits per heavy atom. The van der Waals surface area contributed by atoms with Crippen molar-refractivity contribution >= 4 is 16.0 Å². The number of rotatable bonds is 9. The molecule has 2 aromatic rings. The average molecular weight is 435 g/mol. The minimum atomic E-state index is -3.43. The zero-order valence-corrected chi connectivity index (χ0v) is 18.9. The Bertz CT molecular complexity index is 957. The molecule has 0 unspecified atom stereocenters. The molecule has 0 heterocycles. The van der Waals surface area contributed by atoms with E-state index in [-0.39, 0.29) is 4.90 Å². The Morgan fingerprint density at radius 3 is 2.30 bits per heavy atom. The van der Waals surface area contributed by atoms with Gasteiger partial charge in [-0.25, -0.2) is 17.7 Å². The number of nitrogens with zero attached hydrogens (tertiary/aromatic N) is 2. The molecule has 0 atom stereocenters. The molecule has 2 aromatic carbocycles. The molecule has 164 valence electrons. The van der Waals surface area contributed by atoms with E-state index in [2.05, 4.69) is 15.6 Å². The summed E-state index contributed by atoms with van der Waals surface area (Å²) in [7, 11) is 2.83. The van der Waals surface area contributed by atoms with E-state index >= 15 is 0 Å². The van der Waals surface area contributed by atoms with Gasteiger partial charge in [0.2, 0.25) is 10.0 Å². The van der Waals surface area contributed by atoms with Crippen LogP contribution in [0.5, 0.6) is 11.5 Å². The highest BCUT2D eigenvalue weighted by Crippen LogP contribution is 2.24. The van der Waals surface area contributed by atoms with Crippen molar-refractivity contribution in [1.29, 1.82) is 0 Å². The molecule has 0 aliphatic heterocycles. The topological polar surface area (TPSA) is 92.3 Å². The van der Waals surface area contributed by atoms with Crippen LogP contribution in [0.1, 0.15) is 18.1 Å². The van der Waals surface area contributed by atoms with Crippen LogP contribution in [-0.2, 0) is 23.1 Å². The summed E-state index contributed by atoms with van der Waals surface area (Å²) in [6.07, 6.45) is 0. The Kier molecular flexibility index (Phi) is 8.49. The second kappa shape index (κ2) is 10.8. The third-order valence-electron chi connectivity index (χ3n) is 4.41. The van der Waals surface area contributed by atoms with Crippen LogP contribution in [0.15, 0.2) is 52.4 Å². The van der Waals surface area contributed by atoms with Crippen LogP contribution >= 0.6 is 0 Å². The largest absolute Gasteiger partial charge is 0.497 e. The molecule has 9 heteroatoms. The van der Waals surface area contributed by atoms with Gasteiger partial charge < -0.3 is 20.1 Å². The van der Waals surface area contributed by atoms with E-state index in [1.54, 1.807) is 38.5 Å². The Hall–Kier alpha value is -2.78. The Balaban J connectivity index is 2.08. The van der Waals surface area contributed by atoms with Crippen LogP contribution in [0.4, 0.5) is 0 Å². The maximum Gasteiger partial charge on any atom is 0.242 e. The fourth-order valence-electron chi connectivity index (χ4n) is 2.67. The molecule has 0 spiro atoms. The molecule has 0 aromatic heterocycles. The van der Waals surface area contributed by atoms with Crippen LogP contribution < -0.4 is 20.1 Å². The lowest BCUT2D eigenvalue weighted by Gasteiger charge is -2.14. The predicted octanol–water partition coefficient (Wildman–Crippen LogP) is 2.21. The monoisotopic (exact) mass is 434 g/mol. The summed E-state index contributed by atoms with van der Waals surface area (Å²) in [6.45, 7) is 3.65. The fraction of sp³-hybridized carbons (Fsp3) is 0.381. The fourth-order valence-corrected chi connectivity index (χ4v) is 3.57. The number of guanidine groups is 1. The molecule has 2 rings (SSSR count). The summed E-state index contributed by atoms with van der Waals surface area (Å²) in [6, 6.07) is 12.4. The molecule has 0 fully saturated rings. The zero-order chi connectivity index (χ0) is 22.1. The van der Waals surface area contributed by atoms with Gasteiger partial charge in [-0.3, -0.25) is 0 Å². The molecule has 0 bridgehead atoms. The number of methoxy groups -OCH3 is 2. The molecular weight excluding hydrogens is 404 g/mol. The van der Waals surface area contributed by atoms with Gasteiger partial charge in [0, 0.05) is 38.8 Å². The molecule has 2 N–H and O–H groups in total. The number of hydrogen-bond donors (Lipinski definition) is 2. The number of aliphatic imine (C=N–C) groups is 1. The zero-order valence-electron chi connectivity index (χ0n) is 18.1. The molecule has 0 amide bonds. The van der Waals surface area contributed by atoms with Crippen molar-refractivity contribution < 1.29 is 17.9 Å². The van der Waals surface area contributed by atoms with Crippen molar-refractivity contribution in [2.75, 3.05) is 34.9 Å². The van der Waals surface area contributed by atoms with Gasteiger partial charge in [-0.05, 0) is 36.8 Å². The standard InChI is InChI=1S/C21H30N4O4S/c1-6-22-21(24-15-17-9-10-18(28-4)13-20(17)29-5)23-14-16-7-11-19(12-8-16)30(26,27)25(2)3/h7-13H,6,14-15H2,1-5H3,(H2,22,23,24). The predicted molar refractivity (Wildman–Crippen MR) is 119 cm³/mol. The first-order valence-electron chi connectivity index (χ1n) is 9.56. The third kappa shape index (κ3) is 6.11. The van der Waals surface area contributed by atoms with Crippen LogP contribution in [-0.4, -0.2) is 53.5 Å². The van der Waals surface area contributed by atoms with E-state index in [1.807, 2.05) is 25.1 Å². The van der Waals surface area contributed by atoms with Gasteiger partial charge in [0.25, 0.3) is 0 Å². The minimum Gasteiger partial charge on any atom is -0.497 e. The highest BCUT2D eigenvalue weighted by atomic mass is 32.2. The van der Waals surface area contributed by atoms with Gasteiger partial charge in [-0.2, -0.15) is 0 Å². The van der Waals surface area contributed by atoms with Crippen molar-refractivity contribution in [2.24, 2.45) is 4.99 Å². The van der Waals surface area contributed by atoms with E-state index in [9.17, 15) is 8.42 Å². The van der Waals surface area contributed by atoms with Crippen molar-refractivity contribution in [3.63, 3.8) is 0 Å². The number of benzene rings is 2. The highest BCUT2D eigenvalue weighted by molar-refractivity contribution is 7.89. The summed E-state index contributed by atoms with van der Waals surface area (Å²) in [4.78, 5) is 4.84. The lowest BCUT2D eigenvalue weighted by atomic mass is 10.2. The Labute approximate surface area is 179 Å². The molecule has 0 radical (unpaired) electrons. The van der Waals surface area contributed by atoms with E-state index < -0.39 is 10.0 Å². The van der Waals surface area contributed by atoms with Crippen LogP contribution in [0.3, 0.4) is 0 Å². The molecule has 8 nitrogen and oxygen atoms in total. The van der Waals surface area contributed by atoms with E-state index in [1.165, 1.54) is 18.4 Å². The SMILES string of the molecule is CCNC(=NCc1ccc(S(=O)(=O)N(C)C)cc1)NCc1ccc(OC)cc1OC. The molecule has 30 heavy (non-hydrogen) atoms. The van der Waals surface area contributed by atoms with Gasteiger partial charge in [0.15, 0.2) is 5.96 Å². The van der Waals surface area contributed by atoms with Gasteiger partial charge in [0.1, 0.15) is 11.5 Å². The highest BCUT2D eigenvalue weighted by Gasteiger charge is 2.16. The molecule has 0 aliphatic rings. The maximum absolute atomic E-state index is 12.2. The quantitative estimate of drug-likeness (QED) is 0.464. The summed E-state index contributed by atoms with van der Waals surface area (Å²) < 4.78 is 36.2. The third-order valence-corrected chi connectivity index (χ3v) is 6.24. The normalized spacial score (nSPS) is 12.0. The lowest BCUT2D eigenvalue weighted by molar-refractivity contribution is 0.390. The number of nitrogens with one attached hydrogen (secondary N) is 2. The van der Waals surface area contributed by atoms with E-state index in [0.717, 1.165) is 22.6 Å². The average Bonchev–Trinajstić information content (AvgIpc) is 2.75. The molecule has 0 aliphatic carbocycles. The van der Waals surface area contributed by atoms with Crippen LogP contribution in [0.2, 0.25) is 0 Å². The van der Waals surface area contributed by atoms with Gasteiger partial charge in [-0.1, -0.05) is 12.1 Å². The first-order valence-corrected chi connectivity index (χ1v) is 11.0. The minimum absolute atomic E-state index is 0.261. The number of sulfonamides is 1.